The highest BCUT2D eigenvalue weighted by Crippen LogP contribution is 2.60. The SMILES string of the molecule is CS(=O)(=O)NC(=O)C1(C2(n3[nH]cc(F)c3=O)C=CC(c3ccccc3F)=CC2)CC1. The zero-order valence-corrected chi connectivity index (χ0v) is 16.8. The van der Waals surface area contributed by atoms with Gasteiger partial charge in [0.1, 0.15) is 11.4 Å². The second kappa shape index (κ2) is 6.76. The molecule has 1 atom stereocenters. The Morgan fingerprint density at radius 1 is 1.20 bits per heavy atom. The van der Waals surface area contributed by atoms with Gasteiger partial charge in [0.25, 0.3) is 0 Å². The lowest BCUT2D eigenvalue weighted by Crippen LogP contribution is -2.54. The normalized spacial score (nSPS) is 22.4. The number of carbonyl (C=O) groups is 1. The number of hydrogen-bond acceptors (Lipinski definition) is 4. The zero-order valence-electron chi connectivity index (χ0n) is 16.0. The van der Waals surface area contributed by atoms with Gasteiger partial charge in [0.05, 0.1) is 17.9 Å². The van der Waals surface area contributed by atoms with E-state index in [1.807, 2.05) is 4.72 Å². The summed E-state index contributed by atoms with van der Waals surface area (Å²) >= 11 is 0. The Bertz CT molecular complexity index is 1250. The molecule has 0 spiro atoms. The smallest absolute Gasteiger partial charge is 0.299 e. The Balaban J connectivity index is 1.82. The second-order valence-corrected chi connectivity index (χ2v) is 9.40. The maximum Gasteiger partial charge on any atom is 0.303 e. The van der Waals surface area contributed by atoms with Crippen LogP contribution in [0.3, 0.4) is 0 Å². The fourth-order valence-corrected chi connectivity index (χ4v) is 4.68. The fraction of sp³-hybridized carbons (Fsp3) is 0.300. The molecule has 158 valence electrons. The Morgan fingerprint density at radius 2 is 1.90 bits per heavy atom. The molecule has 0 bridgehead atoms. The van der Waals surface area contributed by atoms with Crippen LogP contribution in [0.25, 0.3) is 5.57 Å². The summed E-state index contributed by atoms with van der Waals surface area (Å²) in [5, 5.41) is 2.56. The topological polar surface area (TPSA) is 101 Å². The van der Waals surface area contributed by atoms with Gasteiger partial charge in [-0.2, -0.15) is 4.39 Å². The molecule has 1 unspecified atom stereocenters. The summed E-state index contributed by atoms with van der Waals surface area (Å²) in [6.45, 7) is 0. The van der Waals surface area contributed by atoms with Crippen LogP contribution in [-0.2, 0) is 20.4 Å². The third-order valence-corrected chi connectivity index (χ3v) is 6.33. The van der Waals surface area contributed by atoms with Crippen molar-refractivity contribution in [3.8, 4) is 0 Å². The minimum absolute atomic E-state index is 0.0597. The molecular formula is C20H19F2N3O4S. The van der Waals surface area contributed by atoms with Crippen LogP contribution in [0.15, 0.2) is 53.5 Å². The number of aromatic nitrogens is 2. The molecule has 1 aromatic carbocycles. The number of halogens is 2. The lowest BCUT2D eigenvalue weighted by molar-refractivity contribution is -0.128. The first-order chi connectivity index (χ1) is 14.1. The van der Waals surface area contributed by atoms with Crippen molar-refractivity contribution in [1.29, 1.82) is 0 Å². The molecule has 4 rings (SSSR count). The number of nitrogens with zero attached hydrogens (tertiary/aromatic N) is 1. The molecule has 2 aliphatic carbocycles. The summed E-state index contributed by atoms with van der Waals surface area (Å²) < 4.78 is 54.4. The fourth-order valence-electron chi connectivity index (χ4n) is 4.15. The lowest BCUT2D eigenvalue weighted by Gasteiger charge is -2.39. The van der Waals surface area contributed by atoms with Gasteiger partial charge in [0.2, 0.25) is 21.7 Å². The van der Waals surface area contributed by atoms with Crippen LogP contribution in [0.5, 0.6) is 0 Å². The number of carbonyl (C=O) groups excluding carboxylic acids is 1. The number of H-pyrrole nitrogens is 1. The highest BCUT2D eigenvalue weighted by atomic mass is 32.2. The Labute approximate surface area is 171 Å². The van der Waals surface area contributed by atoms with Gasteiger partial charge >= 0.3 is 5.56 Å². The Kier molecular flexibility index (Phi) is 4.57. The van der Waals surface area contributed by atoms with Gasteiger partial charge in [-0.1, -0.05) is 36.4 Å². The lowest BCUT2D eigenvalue weighted by atomic mass is 9.74. The molecule has 1 fully saturated rings. The minimum Gasteiger partial charge on any atom is -0.299 e. The Morgan fingerprint density at radius 3 is 2.40 bits per heavy atom. The standard InChI is InChI=1S/C20H19F2N3O4S/c1-30(28,29)24-18(27)19(10-11-19)20(25-17(26)16(22)12-23-25)8-6-13(7-9-20)14-4-2-3-5-15(14)21/h2-8,12,23H,9-11H2,1H3,(H,24,27). The van der Waals surface area contributed by atoms with E-state index in [0.717, 1.165) is 17.1 Å². The summed E-state index contributed by atoms with van der Waals surface area (Å²) in [7, 11) is -3.84. The predicted octanol–water partition coefficient (Wildman–Crippen LogP) is 2.05. The number of nitrogens with one attached hydrogen (secondary N) is 2. The molecule has 10 heteroatoms. The van der Waals surface area contributed by atoms with Gasteiger partial charge in [0, 0.05) is 5.56 Å². The molecular weight excluding hydrogens is 416 g/mol. The van der Waals surface area contributed by atoms with E-state index in [1.165, 1.54) is 6.07 Å². The van der Waals surface area contributed by atoms with E-state index in [0.29, 0.717) is 24.0 Å². The highest BCUT2D eigenvalue weighted by Gasteiger charge is 2.65. The molecule has 0 saturated heterocycles. The van der Waals surface area contributed by atoms with Crippen molar-refractivity contribution in [2.75, 3.05) is 6.26 Å². The maximum absolute atomic E-state index is 14.2. The number of benzene rings is 1. The van der Waals surface area contributed by atoms with Crippen LogP contribution in [0.2, 0.25) is 0 Å². The van der Waals surface area contributed by atoms with Crippen molar-refractivity contribution in [2.45, 2.75) is 24.8 Å². The van der Waals surface area contributed by atoms with Gasteiger partial charge in [-0.25, -0.2) is 17.5 Å². The first-order valence-electron chi connectivity index (χ1n) is 9.23. The average molecular weight is 435 g/mol. The van der Waals surface area contributed by atoms with Crippen molar-refractivity contribution in [2.24, 2.45) is 5.41 Å². The quantitative estimate of drug-likeness (QED) is 0.751. The molecule has 7 nitrogen and oxygen atoms in total. The van der Waals surface area contributed by atoms with Crippen LogP contribution in [0, 0.1) is 17.0 Å². The van der Waals surface area contributed by atoms with Crippen LogP contribution >= 0.6 is 0 Å². The van der Waals surface area contributed by atoms with E-state index < -0.39 is 44.1 Å². The summed E-state index contributed by atoms with van der Waals surface area (Å²) in [6, 6.07) is 6.16. The maximum atomic E-state index is 14.2. The highest BCUT2D eigenvalue weighted by molar-refractivity contribution is 7.89. The average Bonchev–Trinajstić information content (AvgIpc) is 3.44. The first kappa shape index (κ1) is 20.3. The zero-order chi connectivity index (χ0) is 21.7. The molecule has 1 aromatic heterocycles. The number of amides is 1. The molecule has 1 amide bonds. The molecule has 0 radical (unpaired) electrons. The molecule has 1 heterocycles. The monoisotopic (exact) mass is 435 g/mol. The van der Waals surface area contributed by atoms with Gasteiger partial charge in [0.15, 0.2) is 0 Å². The number of aromatic amines is 1. The van der Waals surface area contributed by atoms with E-state index in [2.05, 4.69) is 5.10 Å². The van der Waals surface area contributed by atoms with Gasteiger partial charge in [-0.05, 0) is 30.9 Å². The minimum atomic E-state index is -3.84. The second-order valence-electron chi connectivity index (χ2n) is 7.65. The molecule has 1 saturated carbocycles. The van der Waals surface area contributed by atoms with Crippen molar-refractivity contribution in [1.82, 2.24) is 14.5 Å². The van der Waals surface area contributed by atoms with Crippen LogP contribution < -0.4 is 10.3 Å². The van der Waals surface area contributed by atoms with Gasteiger partial charge in [-0.3, -0.25) is 19.4 Å². The van der Waals surface area contributed by atoms with Crippen molar-refractivity contribution >= 4 is 21.5 Å². The van der Waals surface area contributed by atoms with Crippen molar-refractivity contribution in [3.05, 3.63) is 76.2 Å². The number of allylic oxidation sites excluding steroid dienone is 4. The van der Waals surface area contributed by atoms with E-state index in [-0.39, 0.29) is 6.42 Å². The van der Waals surface area contributed by atoms with Crippen LogP contribution in [0.4, 0.5) is 8.78 Å². The van der Waals surface area contributed by atoms with Crippen LogP contribution in [-0.4, -0.2) is 30.4 Å². The summed E-state index contributed by atoms with van der Waals surface area (Å²) in [5.74, 6) is -2.22. The molecule has 2 N–H and O–H groups in total. The van der Waals surface area contributed by atoms with Gasteiger partial charge in [-0.15, -0.1) is 0 Å². The third kappa shape index (κ3) is 3.11. The van der Waals surface area contributed by atoms with E-state index in [1.54, 1.807) is 36.4 Å². The molecule has 30 heavy (non-hydrogen) atoms. The number of sulfonamides is 1. The van der Waals surface area contributed by atoms with E-state index >= 15 is 0 Å². The van der Waals surface area contributed by atoms with Crippen molar-refractivity contribution in [3.63, 3.8) is 0 Å². The van der Waals surface area contributed by atoms with Crippen molar-refractivity contribution < 1.29 is 22.0 Å². The van der Waals surface area contributed by atoms with E-state index in [9.17, 15) is 26.8 Å². The largest absolute Gasteiger partial charge is 0.303 e. The summed E-state index contributed by atoms with van der Waals surface area (Å²) in [4.78, 5) is 25.4. The third-order valence-electron chi connectivity index (χ3n) is 5.77. The predicted molar refractivity (Wildman–Crippen MR) is 106 cm³/mol. The van der Waals surface area contributed by atoms with Crippen LogP contribution in [0.1, 0.15) is 24.8 Å². The van der Waals surface area contributed by atoms with Gasteiger partial charge < -0.3 is 0 Å². The Hall–Kier alpha value is -3.01. The number of hydrogen-bond donors (Lipinski definition) is 2. The molecule has 2 aromatic rings. The molecule has 0 aliphatic heterocycles. The summed E-state index contributed by atoms with van der Waals surface area (Å²) in [6.07, 6.45) is 7.20. The number of rotatable bonds is 5. The summed E-state index contributed by atoms with van der Waals surface area (Å²) in [5.41, 5.74) is -2.70. The molecule has 2 aliphatic rings. The first-order valence-corrected chi connectivity index (χ1v) is 11.1. The van der Waals surface area contributed by atoms with E-state index in [4.69, 9.17) is 0 Å².